The van der Waals surface area contributed by atoms with E-state index < -0.39 is 0 Å². The van der Waals surface area contributed by atoms with Gasteiger partial charge in [0.15, 0.2) is 0 Å². The monoisotopic (exact) mass is 346 g/mol. The molecule has 1 fully saturated rings. The Balaban J connectivity index is 2.43. The molecule has 0 amide bonds. The lowest BCUT2D eigenvalue weighted by atomic mass is 10.2. The molecule has 0 spiro atoms. The lowest BCUT2D eigenvalue weighted by molar-refractivity contribution is 0.412. The Labute approximate surface area is 112 Å². The van der Waals surface area contributed by atoms with Gasteiger partial charge in [-0.1, -0.05) is 0 Å². The highest BCUT2D eigenvalue weighted by atomic mass is 79.9. The van der Waals surface area contributed by atoms with Gasteiger partial charge < -0.3 is 9.64 Å². The summed E-state index contributed by atoms with van der Waals surface area (Å²) in [5, 5.41) is 7.87. The number of nitrogens with one attached hydrogen (secondary N) is 1. The van der Waals surface area contributed by atoms with Crippen LogP contribution in [0.5, 0.6) is 5.75 Å². The third kappa shape index (κ3) is 2.11. The Morgan fingerprint density at radius 1 is 1.31 bits per heavy atom. The molecule has 2 rings (SSSR count). The Hall–Kier alpha value is -0.550. The van der Waals surface area contributed by atoms with Gasteiger partial charge in [0.25, 0.3) is 0 Å². The molecule has 0 atom stereocenters. The maximum absolute atomic E-state index is 7.87. The van der Waals surface area contributed by atoms with Crippen LogP contribution in [0.1, 0.15) is 12.8 Å². The van der Waals surface area contributed by atoms with Crippen LogP contribution in [-0.4, -0.2) is 19.5 Å². The summed E-state index contributed by atoms with van der Waals surface area (Å²) in [6.45, 7) is 0.905. The van der Waals surface area contributed by atoms with Crippen molar-refractivity contribution in [2.75, 3.05) is 18.6 Å². The molecule has 1 aliphatic rings. The molecule has 0 aliphatic carbocycles. The number of ether oxygens (including phenoxy) is 1. The first-order valence-corrected chi connectivity index (χ1v) is 6.60. The van der Waals surface area contributed by atoms with Gasteiger partial charge in [-0.05, 0) is 44.3 Å². The molecule has 1 N–H and O–H groups in total. The predicted octanol–water partition coefficient (Wildman–Crippen LogP) is 3.80. The van der Waals surface area contributed by atoms with Gasteiger partial charge in [0.1, 0.15) is 11.6 Å². The van der Waals surface area contributed by atoms with Crippen LogP contribution in [-0.2, 0) is 0 Å². The summed E-state index contributed by atoms with van der Waals surface area (Å²) in [5.74, 6) is 1.46. The van der Waals surface area contributed by atoms with Gasteiger partial charge in [0, 0.05) is 23.5 Å². The minimum absolute atomic E-state index is 0.671. The van der Waals surface area contributed by atoms with Crippen LogP contribution in [0.4, 0.5) is 5.69 Å². The molecule has 0 aromatic heterocycles. The molecular formula is C11H12Br2N2O. The highest BCUT2D eigenvalue weighted by molar-refractivity contribution is 9.11. The Morgan fingerprint density at radius 3 is 2.62 bits per heavy atom. The highest BCUT2D eigenvalue weighted by Crippen LogP contribution is 2.37. The Bertz CT molecular complexity index is 434. The average molecular weight is 348 g/mol. The maximum atomic E-state index is 7.87. The summed E-state index contributed by atoms with van der Waals surface area (Å²) in [7, 11) is 1.65. The van der Waals surface area contributed by atoms with Crippen molar-refractivity contribution >= 4 is 43.4 Å². The van der Waals surface area contributed by atoms with Crippen LogP contribution >= 0.6 is 31.9 Å². The quantitative estimate of drug-likeness (QED) is 0.883. The fraction of sp³-hybridized carbons (Fsp3) is 0.364. The van der Waals surface area contributed by atoms with Crippen LogP contribution in [0.25, 0.3) is 0 Å². The van der Waals surface area contributed by atoms with E-state index in [1.807, 2.05) is 17.0 Å². The number of halogens is 2. The summed E-state index contributed by atoms with van der Waals surface area (Å²) in [5.41, 5.74) is 1.00. The zero-order valence-electron chi connectivity index (χ0n) is 8.89. The summed E-state index contributed by atoms with van der Waals surface area (Å²) >= 11 is 6.96. The summed E-state index contributed by atoms with van der Waals surface area (Å²) in [6.07, 6.45) is 1.90. The highest BCUT2D eigenvalue weighted by Gasteiger charge is 2.21. The number of hydrogen-bond acceptors (Lipinski definition) is 2. The van der Waals surface area contributed by atoms with E-state index in [1.54, 1.807) is 7.11 Å². The molecule has 1 aliphatic heterocycles. The number of hydrogen-bond donors (Lipinski definition) is 1. The van der Waals surface area contributed by atoms with Gasteiger partial charge in [-0.3, -0.25) is 5.41 Å². The second-order valence-corrected chi connectivity index (χ2v) is 5.35. The van der Waals surface area contributed by atoms with E-state index in [4.69, 9.17) is 10.1 Å². The van der Waals surface area contributed by atoms with E-state index in [0.29, 0.717) is 5.84 Å². The van der Waals surface area contributed by atoms with Crippen LogP contribution in [0.3, 0.4) is 0 Å². The molecule has 0 unspecified atom stereocenters. The van der Waals surface area contributed by atoms with Crippen LogP contribution in [0, 0.1) is 5.41 Å². The standard InChI is InChI=1S/C11H12Br2N2O/c1-16-10-6-9(7(12)5-8(10)13)15-4-2-3-11(15)14/h5-6,14H,2-4H2,1H3. The van der Waals surface area contributed by atoms with Gasteiger partial charge in [0.2, 0.25) is 0 Å². The number of nitrogens with zero attached hydrogens (tertiary/aromatic N) is 1. The third-order valence-corrected chi connectivity index (χ3v) is 3.89. The van der Waals surface area contributed by atoms with Crippen molar-refractivity contribution in [2.45, 2.75) is 12.8 Å². The first-order chi connectivity index (χ1) is 7.63. The number of amidine groups is 1. The molecule has 0 saturated carbocycles. The van der Waals surface area contributed by atoms with Crippen LogP contribution in [0.15, 0.2) is 21.1 Å². The van der Waals surface area contributed by atoms with Crippen molar-refractivity contribution < 1.29 is 4.74 Å². The molecule has 1 aromatic rings. The SMILES string of the molecule is COc1cc(N2CCCC2=N)c(Br)cc1Br. The maximum Gasteiger partial charge on any atom is 0.135 e. The molecule has 1 heterocycles. The average Bonchev–Trinajstić information content (AvgIpc) is 2.65. The third-order valence-electron chi connectivity index (χ3n) is 2.63. The second-order valence-electron chi connectivity index (χ2n) is 3.64. The normalized spacial score (nSPS) is 15.7. The van der Waals surface area contributed by atoms with E-state index in [2.05, 4.69) is 31.9 Å². The summed E-state index contributed by atoms with van der Waals surface area (Å²) < 4.78 is 7.16. The van der Waals surface area contributed by atoms with Crippen molar-refractivity contribution in [1.82, 2.24) is 0 Å². The Morgan fingerprint density at radius 2 is 2.06 bits per heavy atom. The molecule has 0 radical (unpaired) electrons. The van der Waals surface area contributed by atoms with Crippen molar-refractivity contribution in [3.8, 4) is 5.75 Å². The van der Waals surface area contributed by atoms with Crippen LogP contribution < -0.4 is 9.64 Å². The molecular weight excluding hydrogens is 336 g/mol. The molecule has 86 valence electrons. The summed E-state index contributed by atoms with van der Waals surface area (Å²) in [6, 6.07) is 3.91. The fourth-order valence-corrected chi connectivity index (χ4v) is 3.19. The molecule has 3 nitrogen and oxygen atoms in total. The second kappa shape index (κ2) is 4.75. The zero-order valence-corrected chi connectivity index (χ0v) is 12.1. The van der Waals surface area contributed by atoms with Crippen molar-refractivity contribution in [2.24, 2.45) is 0 Å². The first kappa shape index (κ1) is 11.9. The largest absolute Gasteiger partial charge is 0.495 e. The molecule has 1 saturated heterocycles. The van der Waals surface area contributed by atoms with Gasteiger partial charge in [-0.25, -0.2) is 0 Å². The van der Waals surface area contributed by atoms with Gasteiger partial charge in [-0.2, -0.15) is 0 Å². The van der Waals surface area contributed by atoms with Crippen molar-refractivity contribution in [3.63, 3.8) is 0 Å². The van der Waals surface area contributed by atoms with Gasteiger partial charge >= 0.3 is 0 Å². The van der Waals surface area contributed by atoms with E-state index >= 15 is 0 Å². The molecule has 1 aromatic carbocycles. The molecule has 0 bridgehead atoms. The van der Waals surface area contributed by atoms with E-state index in [-0.39, 0.29) is 0 Å². The Kier molecular flexibility index (Phi) is 3.54. The first-order valence-electron chi connectivity index (χ1n) is 5.01. The minimum atomic E-state index is 0.671. The number of methoxy groups -OCH3 is 1. The minimum Gasteiger partial charge on any atom is -0.495 e. The van der Waals surface area contributed by atoms with Gasteiger partial charge in [0.05, 0.1) is 17.3 Å². The van der Waals surface area contributed by atoms with E-state index in [1.165, 1.54) is 0 Å². The van der Waals surface area contributed by atoms with E-state index in [9.17, 15) is 0 Å². The van der Waals surface area contributed by atoms with E-state index in [0.717, 1.165) is 39.8 Å². The number of benzene rings is 1. The fourth-order valence-electron chi connectivity index (χ4n) is 1.82. The summed E-state index contributed by atoms with van der Waals surface area (Å²) in [4.78, 5) is 2.01. The topological polar surface area (TPSA) is 36.3 Å². The number of rotatable bonds is 2. The lowest BCUT2D eigenvalue weighted by Gasteiger charge is -2.20. The zero-order chi connectivity index (χ0) is 11.7. The van der Waals surface area contributed by atoms with Crippen molar-refractivity contribution in [3.05, 3.63) is 21.1 Å². The lowest BCUT2D eigenvalue weighted by Crippen LogP contribution is -2.23. The molecule has 5 heteroatoms. The smallest absolute Gasteiger partial charge is 0.135 e. The number of anilines is 1. The van der Waals surface area contributed by atoms with Crippen molar-refractivity contribution in [1.29, 1.82) is 5.41 Å². The predicted molar refractivity (Wildman–Crippen MR) is 72.7 cm³/mol. The van der Waals surface area contributed by atoms with Crippen LogP contribution in [0.2, 0.25) is 0 Å². The van der Waals surface area contributed by atoms with Gasteiger partial charge in [-0.15, -0.1) is 0 Å². The molecule has 16 heavy (non-hydrogen) atoms.